The lowest BCUT2D eigenvalue weighted by Gasteiger charge is -2.32. The topological polar surface area (TPSA) is 75.9 Å². The van der Waals surface area contributed by atoms with E-state index in [2.05, 4.69) is 41.4 Å². The fraction of sp³-hybridized carbons (Fsp3) is 0.692. The van der Waals surface area contributed by atoms with E-state index in [1.807, 2.05) is 13.0 Å². The smallest absolute Gasteiger partial charge is 0.223 e. The van der Waals surface area contributed by atoms with Crippen LogP contribution in [0.2, 0.25) is 0 Å². The number of nitrogen functional groups attached to an aromatic ring is 1. The van der Waals surface area contributed by atoms with Crippen LogP contribution in [0.15, 0.2) is 6.07 Å². The largest absolute Gasteiger partial charge is 0.370 e. The van der Waals surface area contributed by atoms with Crippen LogP contribution in [0.4, 0.5) is 17.6 Å². The summed E-state index contributed by atoms with van der Waals surface area (Å²) in [6.07, 6.45) is 3.17. The third-order valence-corrected chi connectivity index (χ3v) is 3.52. The summed E-state index contributed by atoms with van der Waals surface area (Å²) in [5.41, 5.74) is 5.82. The Morgan fingerprint density at radius 1 is 1.06 bits per heavy atom. The predicted octanol–water partition coefficient (Wildman–Crippen LogP) is 2.87. The number of nitrogens with one attached hydrogen (secondary N) is 2. The Balaban J connectivity index is 2.95. The van der Waals surface area contributed by atoms with Gasteiger partial charge in [-0.1, -0.05) is 20.8 Å². The van der Waals surface area contributed by atoms with Gasteiger partial charge in [0.25, 0.3) is 0 Å². The van der Waals surface area contributed by atoms with Gasteiger partial charge in [0.05, 0.1) is 0 Å². The molecule has 1 rings (SSSR count). The van der Waals surface area contributed by atoms with Crippen LogP contribution >= 0.6 is 0 Å². The second kappa shape index (κ2) is 6.42. The summed E-state index contributed by atoms with van der Waals surface area (Å²) < 4.78 is 0. The summed E-state index contributed by atoms with van der Waals surface area (Å²) in [7, 11) is 0. The van der Waals surface area contributed by atoms with Crippen LogP contribution < -0.4 is 16.4 Å². The van der Waals surface area contributed by atoms with Gasteiger partial charge in [0.15, 0.2) is 0 Å². The molecule has 4 N–H and O–H groups in total. The van der Waals surface area contributed by atoms with E-state index < -0.39 is 0 Å². The first-order chi connectivity index (χ1) is 8.59. The maximum Gasteiger partial charge on any atom is 0.223 e. The Morgan fingerprint density at radius 3 is 2.11 bits per heavy atom. The summed E-state index contributed by atoms with van der Waals surface area (Å²) >= 11 is 0. The number of anilines is 3. The molecule has 0 amide bonds. The molecule has 0 aromatic carbocycles. The van der Waals surface area contributed by atoms with E-state index in [1.165, 1.54) is 0 Å². The van der Waals surface area contributed by atoms with Gasteiger partial charge >= 0.3 is 0 Å². The predicted molar refractivity (Wildman–Crippen MR) is 77.8 cm³/mol. The maximum atomic E-state index is 5.73. The maximum absolute atomic E-state index is 5.73. The van der Waals surface area contributed by atoms with Crippen molar-refractivity contribution in [2.75, 3.05) is 22.9 Å². The normalized spacial score (nSPS) is 11.3. The lowest BCUT2D eigenvalue weighted by atomic mass is 9.90. The van der Waals surface area contributed by atoms with E-state index in [-0.39, 0.29) is 5.54 Å². The van der Waals surface area contributed by atoms with Gasteiger partial charge in [-0.3, -0.25) is 0 Å². The number of nitrogens with two attached hydrogens (primary N) is 1. The molecule has 0 bridgehead atoms. The molecular weight excluding hydrogens is 226 g/mol. The van der Waals surface area contributed by atoms with Gasteiger partial charge in [-0.05, 0) is 26.2 Å². The number of hydrogen-bond donors (Lipinski definition) is 3. The first-order valence-electron chi connectivity index (χ1n) is 6.75. The van der Waals surface area contributed by atoms with Crippen molar-refractivity contribution in [1.29, 1.82) is 0 Å². The summed E-state index contributed by atoms with van der Waals surface area (Å²) in [5.74, 6) is 1.86. The van der Waals surface area contributed by atoms with Gasteiger partial charge in [0.1, 0.15) is 11.6 Å². The van der Waals surface area contributed by atoms with Crippen molar-refractivity contribution in [3.05, 3.63) is 6.07 Å². The Morgan fingerprint density at radius 2 is 1.61 bits per heavy atom. The lowest BCUT2D eigenvalue weighted by molar-refractivity contribution is 0.419. The minimum atomic E-state index is 0.0876. The summed E-state index contributed by atoms with van der Waals surface area (Å²) in [5, 5.41) is 6.67. The van der Waals surface area contributed by atoms with Crippen LogP contribution in [0, 0.1) is 0 Å². The number of rotatable bonds is 7. The van der Waals surface area contributed by atoms with Gasteiger partial charge in [-0.15, -0.1) is 0 Å². The fourth-order valence-corrected chi connectivity index (χ4v) is 2.09. The van der Waals surface area contributed by atoms with E-state index in [0.29, 0.717) is 5.95 Å². The Kier molecular flexibility index (Phi) is 5.19. The number of aromatic nitrogens is 2. The van der Waals surface area contributed by atoms with Gasteiger partial charge in [-0.25, -0.2) is 0 Å². The average Bonchev–Trinajstić information content (AvgIpc) is 2.36. The molecule has 0 aliphatic heterocycles. The SMILES string of the molecule is CCNc1cc(NC(CC)(CC)CC)nc(N)n1. The zero-order chi connectivity index (χ0) is 13.6. The molecule has 0 saturated heterocycles. The van der Waals surface area contributed by atoms with E-state index >= 15 is 0 Å². The molecule has 102 valence electrons. The average molecular weight is 251 g/mol. The van der Waals surface area contributed by atoms with Crippen molar-refractivity contribution in [2.45, 2.75) is 52.5 Å². The molecule has 0 unspecified atom stereocenters. The summed E-state index contributed by atoms with van der Waals surface area (Å²) in [6, 6.07) is 1.91. The molecule has 0 spiro atoms. The molecule has 5 nitrogen and oxygen atoms in total. The monoisotopic (exact) mass is 251 g/mol. The van der Waals surface area contributed by atoms with Crippen molar-refractivity contribution >= 4 is 17.6 Å². The van der Waals surface area contributed by atoms with Crippen molar-refractivity contribution in [3.8, 4) is 0 Å². The van der Waals surface area contributed by atoms with Gasteiger partial charge in [0.2, 0.25) is 5.95 Å². The number of hydrogen-bond acceptors (Lipinski definition) is 5. The van der Waals surface area contributed by atoms with Crippen molar-refractivity contribution in [3.63, 3.8) is 0 Å². The highest BCUT2D eigenvalue weighted by Crippen LogP contribution is 2.25. The molecule has 0 saturated carbocycles. The molecule has 0 atom stereocenters. The van der Waals surface area contributed by atoms with E-state index in [0.717, 1.165) is 37.4 Å². The van der Waals surface area contributed by atoms with Crippen LogP contribution in [-0.2, 0) is 0 Å². The van der Waals surface area contributed by atoms with Crippen LogP contribution in [0.3, 0.4) is 0 Å². The molecule has 5 heteroatoms. The van der Waals surface area contributed by atoms with Crippen molar-refractivity contribution < 1.29 is 0 Å². The molecule has 0 radical (unpaired) electrons. The van der Waals surface area contributed by atoms with Crippen molar-refractivity contribution in [2.24, 2.45) is 0 Å². The zero-order valence-corrected chi connectivity index (χ0v) is 11.9. The van der Waals surface area contributed by atoms with Crippen LogP contribution in [0.1, 0.15) is 47.0 Å². The quantitative estimate of drug-likeness (QED) is 0.694. The zero-order valence-electron chi connectivity index (χ0n) is 11.9. The van der Waals surface area contributed by atoms with Crippen LogP contribution in [0.5, 0.6) is 0 Å². The Hall–Kier alpha value is -1.52. The third kappa shape index (κ3) is 3.48. The first kappa shape index (κ1) is 14.5. The molecule has 0 aliphatic carbocycles. The van der Waals surface area contributed by atoms with E-state index in [1.54, 1.807) is 0 Å². The standard InChI is InChI=1S/C13H25N5/c1-5-13(6-2,7-3)18-11-9-10(15-8-4)16-12(14)17-11/h9H,5-8H2,1-4H3,(H4,14,15,16,17,18). The molecule has 0 fully saturated rings. The first-order valence-corrected chi connectivity index (χ1v) is 6.75. The molecule has 1 aromatic heterocycles. The molecule has 0 aliphatic rings. The van der Waals surface area contributed by atoms with Gasteiger partial charge in [0, 0.05) is 18.2 Å². The minimum absolute atomic E-state index is 0.0876. The fourth-order valence-electron chi connectivity index (χ4n) is 2.09. The van der Waals surface area contributed by atoms with Crippen LogP contribution in [0.25, 0.3) is 0 Å². The Bertz CT molecular complexity index is 365. The molecule has 1 aromatic rings. The van der Waals surface area contributed by atoms with Gasteiger partial charge in [-0.2, -0.15) is 9.97 Å². The highest BCUT2D eigenvalue weighted by atomic mass is 15.1. The second-order valence-corrected chi connectivity index (χ2v) is 4.49. The van der Waals surface area contributed by atoms with Gasteiger partial charge < -0.3 is 16.4 Å². The van der Waals surface area contributed by atoms with Crippen molar-refractivity contribution in [1.82, 2.24) is 9.97 Å². The van der Waals surface area contributed by atoms with Crippen LogP contribution in [-0.4, -0.2) is 22.1 Å². The number of nitrogens with zero attached hydrogens (tertiary/aromatic N) is 2. The van der Waals surface area contributed by atoms with E-state index in [4.69, 9.17) is 5.73 Å². The van der Waals surface area contributed by atoms with E-state index in [9.17, 15) is 0 Å². The highest BCUT2D eigenvalue weighted by Gasteiger charge is 2.24. The third-order valence-electron chi connectivity index (χ3n) is 3.52. The lowest BCUT2D eigenvalue weighted by Crippen LogP contribution is -2.36. The second-order valence-electron chi connectivity index (χ2n) is 4.49. The summed E-state index contributed by atoms with van der Waals surface area (Å²) in [4.78, 5) is 8.41. The minimum Gasteiger partial charge on any atom is -0.370 e. The summed E-state index contributed by atoms with van der Waals surface area (Å²) in [6.45, 7) is 9.41. The molecular formula is C13H25N5. The highest BCUT2D eigenvalue weighted by molar-refractivity contribution is 5.52. The molecule has 18 heavy (non-hydrogen) atoms. The molecule has 1 heterocycles. The Labute approximate surface area is 110 Å².